The third kappa shape index (κ3) is 3.27. The van der Waals surface area contributed by atoms with Gasteiger partial charge in [-0.15, -0.1) is 0 Å². The number of benzene rings is 5. The molecule has 0 amide bonds. The third-order valence-corrected chi connectivity index (χ3v) is 7.31. The van der Waals surface area contributed by atoms with Gasteiger partial charge in [0.2, 0.25) is 0 Å². The van der Waals surface area contributed by atoms with Gasteiger partial charge in [0.15, 0.2) is 0 Å². The molecule has 0 bridgehead atoms. The average Bonchev–Trinajstić information content (AvgIpc) is 3.16. The maximum absolute atomic E-state index is 3.62. The van der Waals surface area contributed by atoms with Crippen molar-refractivity contribution in [2.45, 2.75) is 11.8 Å². The van der Waals surface area contributed by atoms with Crippen molar-refractivity contribution in [3.63, 3.8) is 0 Å². The van der Waals surface area contributed by atoms with Gasteiger partial charge in [-0.25, -0.2) is 0 Å². The molecule has 0 unspecified atom stereocenters. The van der Waals surface area contributed by atoms with E-state index in [0.717, 1.165) is 10.9 Å². The first-order chi connectivity index (χ1) is 16.3. The summed E-state index contributed by atoms with van der Waals surface area (Å²) in [5.41, 5.74) is 10.3. The van der Waals surface area contributed by atoms with Gasteiger partial charge >= 0.3 is 0 Å². The Balaban J connectivity index is 1.64. The van der Waals surface area contributed by atoms with E-state index in [1.807, 2.05) is 0 Å². The molecule has 0 saturated heterocycles. The van der Waals surface area contributed by atoms with E-state index in [4.69, 9.17) is 0 Å². The summed E-state index contributed by atoms with van der Waals surface area (Å²) in [6.07, 6.45) is 0.905. The highest BCUT2D eigenvalue weighted by atomic mass is 79.9. The predicted molar refractivity (Wildman–Crippen MR) is 141 cm³/mol. The molecule has 0 N–H and O–H groups in total. The van der Waals surface area contributed by atoms with E-state index in [1.165, 1.54) is 44.5 Å². The molecule has 0 aliphatic heterocycles. The first-order valence-corrected chi connectivity index (χ1v) is 12.1. The summed E-state index contributed by atoms with van der Waals surface area (Å²) in [6, 6.07) is 46.5. The van der Waals surface area contributed by atoms with Crippen LogP contribution in [0.15, 0.2) is 132 Å². The van der Waals surface area contributed by atoms with E-state index in [2.05, 4.69) is 143 Å². The predicted octanol–water partition coefficient (Wildman–Crippen LogP) is 8.40. The Kier molecular flexibility index (Phi) is 5.00. The van der Waals surface area contributed by atoms with Gasteiger partial charge in [-0.05, 0) is 63.1 Å². The summed E-state index contributed by atoms with van der Waals surface area (Å²) in [5, 5.41) is 0. The first kappa shape index (κ1) is 20.2. The van der Waals surface area contributed by atoms with Gasteiger partial charge in [-0.2, -0.15) is 0 Å². The van der Waals surface area contributed by atoms with E-state index in [1.54, 1.807) is 0 Å². The number of fused-ring (bicyclic) bond motifs is 3. The van der Waals surface area contributed by atoms with Crippen LogP contribution in [0.2, 0.25) is 0 Å². The number of rotatable bonds is 4. The number of hydrogen-bond donors (Lipinski definition) is 0. The van der Waals surface area contributed by atoms with Crippen molar-refractivity contribution in [3.05, 3.63) is 165 Å². The molecule has 1 aliphatic rings. The first-order valence-electron chi connectivity index (χ1n) is 11.4. The van der Waals surface area contributed by atoms with Gasteiger partial charge in [0.05, 0.1) is 5.41 Å². The zero-order valence-corrected chi connectivity index (χ0v) is 19.8. The average molecular weight is 487 g/mol. The number of halogens is 1. The number of hydrogen-bond acceptors (Lipinski definition) is 0. The van der Waals surface area contributed by atoms with Crippen molar-refractivity contribution in [2.75, 3.05) is 0 Å². The van der Waals surface area contributed by atoms with Crippen molar-refractivity contribution in [2.24, 2.45) is 0 Å². The molecule has 0 saturated carbocycles. The van der Waals surface area contributed by atoms with Crippen molar-refractivity contribution in [1.29, 1.82) is 0 Å². The molecule has 0 fully saturated rings. The molecule has 0 radical (unpaired) electrons. The highest BCUT2D eigenvalue weighted by molar-refractivity contribution is 9.10. The summed E-state index contributed by atoms with van der Waals surface area (Å²) in [7, 11) is 0. The van der Waals surface area contributed by atoms with Crippen LogP contribution in [0.4, 0.5) is 0 Å². The van der Waals surface area contributed by atoms with Gasteiger partial charge in [0.1, 0.15) is 0 Å². The van der Waals surface area contributed by atoms with Crippen molar-refractivity contribution < 1.29 is 0 Å². The van der Waals surface area contributed by atoms with Crippen molar-refractivity contribution in [3.8, 4) is 11.1 Å². The van der Waals surface area contributed by atoms with Crippen LogP contribution in [-0.2, 0) is 11.8 Å². The summed E-state index contributed by atoms with van der Waals surface area (Å²) in [4.78, 5) is 0. The molecule has 0 nitrogen and oxygen atoms in total. The fraction of sp³-hybridized carbons (Fsp3) is 0.0625. The highest BCUT2D eigenvalue weighted by Crippen LogP contribution is 2.56. The summed E-state index contributed by atoms with van der Waals surface area (Å²) in [6.45, 7) is 0. The minimum Gasteiger partial charge on any atom is -0.0622 e. The lowest BCUT2D eigenvalue weighted by Gasteiger charge is -2.34. The Bertz CT molecular complexity index is 1390. The molecule has 5 aromatic rings. The molecular formula is C32H23Br. The fourth-order valence-electron chi connectivity index (χ4n) is 5.48. The van der Waals surface area contributed by atoms with Crippen molar-refractivity contribution in [1.82, 2.24) is 0 Å². The fourth-order valence-corrected chi connectivity index (χ4v) is 5.93. The maximum Gasteiger partial charge on any atom is 0.0713 e. The van der Waals surface area contributed by atoms with E-state index >= 15 is 0 Å². The Morgan fingerprint density at radius 2 is 1.09 bits per heavy atom. The lowest BCUT2D eigenvalue weighted by atomic mass is 9.67. The molecule has 0 spiro atoms. The standard InChI is InChI=1S/C32H23Br/c33-27-15-9-10-23(21-27)20-24-18-19-29-28-16-7-8-17-30(28)32(31(29)22-24,25-11-3-1-4-12-25)26-13-5-2-6-14-26/h1-19,21-22H,20H2. The lowest BCUT2D eigenvalue weighted by Crippen LogP contribution is -2.28. The molecule has 1 heteroatoms. The van der Waals surface area contributed by atoms with E-state index in [9.17, 15) is 0 Å². The molecular weight excluding hydrogens is 464 g/mol. The van der Waals surface area contributed by atoms with Crippen LogP contribution in [-0.4, -0.2) is 0 Å². The SMILES string of the molecule is Brc1cccc(Cc2ccc3c(c2)C(c2ccccc2)(c2ccccc2)c2ccccc2-3)c1. The van der Waals surface area contributed by atoms with Crippen molar-refractivity contribution >= 4 is 15.9 Å². The van der Waals surface area contributed by atoms with Crippen LogP contribution in [0.25, 0.3) is 11.1 Å². The Labute approximate surface area is 203 Å². The Hall–Kier alpha value is -3.42. The quantitative estimate of drug-likeness (QED) is 0.234. The lowest BCUT2D eigenvalue weighted by molar-refractivity contribution is 0.767. The maximum atomic E-state index is 3.62. The topological polar surface area (TPSA) is 0 Å². The minimum absolute atomic E-state index is 0.332. The second-order valence-corrected chi connectivity index (χ2v) is 9.63. The van der Waals surface area contributed by atoms with Crippen LogP contribution < -0.4 is 0 Å². The molecule has 0 atom stereocenters. The van der Waals surface area contributed by atoms with Crippen LogP contribution in [0.3, 0.4) is 0 Å². The Morgan fingerprint density at radius 3 is 1.79 bits per heavy atom. The van der Waals surface area contributed by atoms with Crippen LogP contribution in [0.5, 0.6) is 0 Å². The molecule has 5 aromatic carbocycles. The molecule has 33 heavy (non-hydrogen) atoms. The normalized spacial score (nSPS) is 13.4. The molecule has 158 valence electrons. The van der Waals surface area contributed by atoms with E-state index < -0.39 is 0 Å². The monoisotopic (exact) mass is 486 g/mol. The Morgan fingerprint density at radius 1 is 0.485 bits per heavy atom. The van der Waals surface area contributed by atoms with Gasteiger partial charge in [-0.3, -0.25) is 0 Å². The molecule has 0 heterocycles. The largest absolute Gasteiger partial charge is 0.0713 e. The molecule has 0 aromatic heterocycles. The summed E-state index contributed by atoms with van der Waals surface area (Å²) in [5.74, 6) is 0. The minimum atomic E-state index is -0.332. The van der Waals surface area contributed by atoms with Gasteiger partial charge in [-0.1, -0.05) is 131 Å². The zero-order valence-electron chi connectivity index (χ0n) is 18.2. The van der Waals surface area contributed by atoms with E-state index in [-0.39, 0.29) is 5.41 Å². The van der Waals surface area contributed by atoms with E-state index in [0.29, 0.717) is 0 Å². The van der Waals surface area contributed by atoms with Gasteiger partial charge in [0, 0.05) is 4.47 Å². The van der Waals surface area contributed by atoms with Gasteiger partial charge in [0.25, 0.3) is 0 Å². The smallest absolute Gasteiger partial charge is 0.0622 e. The summed E-state index contributed by atoms with van der Waals surface area (Å²) >= 11 is 3.62. The van der Waals surface area contributed by atoms with Crippen LogP contribution >= 0.6 is 15.9 Å². The third-order valence-electron chi connectivity index (χ3n) is 6.82. The zero-order chi connectivity index (χ0) is 22.3. The van der Waals surface area contributed by atoms with Crippen LogP contribution in [0.1, 0.15) is 33.4 Å². The molecule has 6 rings (SSSR count). The second-order valence-electron chi connectivity index (χ2n) is 8.71. The highest BCUT2D eigenvalue weighted by Gasteiger charge is 2.45. The molecule has 1 aliphatic carbocycles. The van der Waals surface area contributed by atoms with Crippen LogP contribution in [0, 0.1) is 0 Å². The van der Waals surface area contributed by atoms with Gasteiger partial charge < -0.3 is 0 Å². The second kappa shape index (κ2) is 8.17. The summed E-state index contributed by atoms with van der Waals surface area (Å²) < 4.78 is 1.12.